The number of fused-ring (bicyclic) bond motifs is 1. The van der Waals surface area contributed by atoms with Gasteiger partial charge in [-0.15, -0.1) is 0 Å². The van der Waals surface area contributed by atoms with Crippen molar-refractivity contribution < 1.29 is 12.8 Å². The third-order valence-electron chi connectivity index (χ3n) is 4.88. The molecule has 1 aromatic heterocycles. The summed E-state index contributed by atoms with van der Waals surface area (Å²) in [6.45, 7) is 0. The van der Waals surface area contributed by atoms with Crippen molar-refractivity contribution in [2.24, 2.45) is 0 Å². The highest BCUT2D eigenvalue weighted by Gasteiger charge is 2.34. The molecule has 8 heteroatoms. The minimum atomic E-state index is -3.90. The van der Waals surface area contributed by atoms with Crippen LogP contribution in [0, 0.1) is 5.82 Å². The van der Waals surface area contributed by atoms with E-state index in [2.05, 4.69) is 9.71 Å². The van der Waals surface area contributed by atoms with Crippen molar-refractivity contribution in [2.75, 3.05) is 0 Å². The molecule has 0 saturated heterocycles. The molecule has 1 N–H and O–H groups in total. The summed E-state index contributed by atoms with van der Waals surface area (Å²) in [6.07, 6.45) is 6.81. The lowest BCUT2D eigenvalue weighted by molar-refractivity contribution is 0.348. The van der Waals surface area contributed by atoms with Crippen LogP contribution in [0.4, 0.5) is 4.39 Å². The number of benzene rings is 2. The first-order valence-electron chi connectivity index (χ1n) is 8.48. The summed E-state index contributed by atoms with van der Waals surface area (Å²) in [7, 11) is -3.90. The molecular formula is C19H17ClFN3O2S. The second-order valence-corrected chi connectivity index (χ2v) is 8.61. The Labute approximate surface area is 161 Å². The molecule has 2 atom stereocenters. The van der Waals surface area contributed by atoms with Crippen LogP contribution in [0.3, 0.4) is 0 Å². The third kappa shape index (κ3) is 3.50. The summed E-state index contributed by atoms with van der Waals surface area (Å²) in [6, 6.07) is 10.6. The Morgan fingerprint density at radius 1 is 1.22 bits per heavy atom. The Hall–Kier alpha value is -2.22. The van der Waals surface area contributed by atoms with Gasteiger partial charge in [0.05, 0.1) is 28.3 Å². The molecule has 0 amide bonds. The van der Waals surface area contributed by atoms with Crippen molar-refractivity contribution in [3.8, 4) is 0 Å². The Morgan fingerprint density at radius 2 is 2.04 bits per heavy atom. The van der Waals surface area contributed by atoms with E-state index in [1.807, 2.05) is 35.0 Å². The number of halogens is 2. The van der Waals surface area contributed by atoms with Crippen molar-refractivity contribution in [1.82, 2.24) is 14.3 Å². The first-order valence-corrected chi connectivity index (χ1v) is 10.3. The highest BCUT2D eigenvalue weighted by Crippen LogP contribution is 2.38. The SMILES string of the molecule is O=S(=O)(N[C@@H]1c2ccccc2CC[C@@H]1n1ccnc1)c1ccc(F)c(Cl)c1. The van der Waals surface area contributed by atoms with E-state index in [9.17, 15) is 12.8 Å². The van der Waals surface area contributed by atoms with Crippen LogP contribution in [0.1, 0.15) is 29.6 Å². The van der Waals surface area contributed by atoms with Gasteiger partial charge in [0.2, 0.25) is 10.0 Å². The van der Waals surface area contributed by atoms with Gasteiger partial charge in [-0.2, -0.15) is 0 Å². The van der Waals surface area contributed by atoms with Gasteiger partial charge in [-0.3, -0.25) is 0 Å². The zero-order valence-electron chi connectivity index (χ0n) is 14.2. The smallest absolute Gasteiger partial charge is 0.241 e. The molecule has 1 heterocycles. The highest BCUT2D eigenvalue weighted by molar-refractivity contribution is 7.89. The molecule has 0 spiro atoms. The molecule has 1 aliphatic carbocycles. The van der Waals surface area contributed by atoms with Crippen LogP contribution in [0.5, 0.6) is 0 Å². The lowest BCUT2D eigenvalue weighted by atomic mass is 9.84. The maximum absolute atomic E-state index is 13.4. The van der Waals surface area contributed by atoms with Crippen LogP contribution in [0.2, 0.25) is 5.02 Å². The molecule has 1 aliphatic rings. The first-order chi connectivity index (χ1) is 13.0. The van der Waals surface area contributed by atoms with E-state index in [1.165, 1.54) is 6.07 Å². The van der Waals surface area contributed by atoms with E-state index in [-0.39, 0.29) is 16.0 Å². The summed E-state index contributed by atoms with van der Waals surface area (Å²) in [4.78, 5) is 4.02. The van der Waals surface area contributed by atoms with Gasteiger partial charge < -0.3 is 4.57 Å². The molecular weight excluding hydrogens is 389 g/mol. The lowest BCUT2D eigenvalue weighted by Gasteiger charge is -2.34. The van der Waals surface area contributed by atoms with Crippen LogP contribution in [-0.4, -0.2) is 18.0 Å². The molecule has 5 nitrogen and oxygen atoms in total. The van der Waals surface area contributed by atoms with Gasteiger partial charge in [-0.1, -0.05) is 35.9 Å². The molecule has 4 rings (SSSR count). The normalized spacial score (nSPS) is 19.6. The van der Waals surface area contributed by atoms with Gasteiger partial charge in [-0.25, -0.2) is 22.5 Å². The average Bonchev–Trinajstić information content (AvgIpc) is 3.18. The third-order valence-corrected chi connectivity index (χ3v) is 6.60. The molecule has 3 aromatic rings. The van der Waals surface area contributed by atoms with Crippen molar-refractivity contribution in [1.29, 1.82) is 0 Å². The molecule has 0 unspecified atom stereocenters. The minimum absolute atomic E-state index is 0.0682. The number of rotatable bonds is 4. The quantitative estimate of drug-likeness (QED) is 0.716. The number of nitrogens with one attached hydrogen (secondary N) is 1. The lowest BCUT2D eigenvalue weighted by Crippen LogP contribution is -2.37. The molecule has 0 fully saturated rings. The standard InChI is InChI=1S/C19H17ClFN3O2S/c20-16-11-14(6-7-17(16)21)27(25,26)23-19-15-4-2-1-3-13(15)5-8-18(19)24-10-9-22-12-24/h1-4,6-7,9-12,18-19,23H,5,8H2/t18-,19+/m0/s1. The van der Waals surface area contributed by atoms with E-state index < -0.39 is 21.9 Å². The van der Waals surface area contributed by atoms with Gasteiger partial charge in [0, 0.05) is 12.4 Å². The van der Waals surface area contributed by atoms with E-state index in [1.54, 1.807) is 12.5 Å². The van der Waals surface area contributed by atoms with Gasteiger partial charge in [-0.05, 0) is 42.2 Å². The number of hydrogen-bond donors (Lipinski definition) is 1. The fourth-order valence-corrected chi connectivity index (χ4v) is 5.07. The molecule has 0 radical (unpaired) electrons. The number of sulfonamides is 1. The van der Waals surface area contributed by atoms with E-state index in [0.29, 0.717) is 0 Å². The fourth-order valence-electron chi connectivity index (χ4n) is 3.55. The highest BCUT2D eigenvalue weighted by atomic mass is 35.5. The summed E-state index contributed by atoms with van der Waals surface area (Å²) >= 11 is 5.77. The number of imidazole rings is 1. The Morgan fingerprint density at radius 3 is 2.78 bits per heavy atom. The number of hydrogen-bond acceptors (Lipinski definition) is 3. The summed E-state index contributed by atoms with van der Waals surface area (Å²) < 4.78 is 44.1. The van der Waals surface area contributed by atoms with Crippen LogP contribution in [0.25, 0.3) is 0 Å². The van der Waals surface area contributed by atoms with Crippen LogP contribution in [0.15, 0.2) is 66.1 Å². The van der Waals surface area contributed by atoms with Crippen molar-refractivity contribution >= 4 is 21.6 Å². The zero-order chi connectivity index (χ0) is 19.0. The molecule has 0 saturated carbocycles. The maximum Gasteiger partial charge on any atom is 0.241 e. The molecule has 140 valence electrons. The van der Waals surface area contributed by atoms with E-state index in [0.717, 1.165) is 36.1 Å². The van der Waals surface area contributed by atoms with Gasteiger partial charge in [0.15, 0.2) is 0 Å². The van der Waals surface area contributed by atoms with Crippen LogP contribution >= 0.6 is 11.6 Å². The minimum Gasteiger partial charge on any atom is -0.332 e. The first kappa shape index (κ1) is 18.2. The molecule has 0 aliphatic heterocycles. The van der Waals surface area contributed by atoms with E-state index >= 15 is 0 Å². The van der Waals surface area contributed by atoms with Gasteiger partial charge >= 0.3 is 0 Å². The Balaban J connectivity index is 1.75. The summed E-state index contributed by atoms with van der Waals surface area (Å²) in [5.74, 6) is -0.657. The zero-order valence-corrected chi connectivity index (χ0v) is 15.8. The predicted octanol–water partition coefficient (Wildman–Crippen LogP) is 3.88. The fraction of sp³-hybridized carbons (Fsp3) is 0.211. The molecule has 0 bridgehead atoms. The summed E-state index contributed by atoms with van der Waals surface area (Å²) in [5.41, 5.74) is 2.04. The second-order valence-electron chi connectivity index (χ2n) is 6.49. The summed E-state index contributed by atoms with van der Waals surface area (Å²) in [5, 5.41) is -0.229. The van der Waals surface area contributed by atoms with Crippen LogP contribution < -0.4 is 4.72 Å². The van der Waals surface area contributed by atoms with Crippen molar-refractivity contribution in [3.05, 3.63) is 83.2 Å². The van der Waals surface area contributed by atoms with Crippen molar-refractivity contribution in [2.45, 2.75) is 29.8 Å². The maximum atomic E-state index is 13.4. The molecule has 2 aromatic carbocycles. The number of aryl methyl sites for hydroxylation is 1. The monoisotopic (exact) mass is 405 g/mol. The van der Waals surface area contributed by atoms with Gasteiger partial charge in [0.1, 0.15) is 5.82 Å². The van der Waals surface area contributed by atoms with Crippen LogP contribution in [-0.2, 0) is 16.4 Å². The second kappa shape index (κ2) is 7.07. The van der Waals surface area contributed by atoms with Crippen molar-refractivity contribution in [3.63, 3.8) is 0 Å². The Kier molecular flexibility index (Phi) is 4.75. The largest absolute Gasteiger partial charge is 0.332 e. The van der Waals surface area contributed by atoms with E-state index in [4.69, 9.17) is 11.6 Å². The predicted molar refractivity (Wildman–Crippen MR) is 100 cm³/mol. The molecule has 27 heavy (non-hydrogen) atoms. The topological polar surface area (TPSA) is 64.0 Å². The average molecular weight is 406 g/mol. The Bertz CT molecular complexity index is 1070. The number of nitrogens with zero attached hydrogens (tertiary/aromatic N) is 2. The number of aromatic nitrogens is 2. The van der Waals surface area contributed by atoms with Gasteiger partial charge in [0.25, 0.3) is 0 Å².